The van der Waals surface area contributed by atoms with Crippen molar-refractivity contribution < 1.29 is 28.9 Å². The molecule has 0 saturated carbocycles. The zero-order valence-electron chi connectivity index (χ0n) is 23.7. The summed E-state index contributed by atoms with van der Waals surface area (Å²) in [7, 11) is 0. The van der Waals surface area contributed by atoms with Crippen LogP contribution in [0.25, 0.3) is 11.1 Å². The van der Waals surface area contributed by atoms with Gasteiger partial charge in [-0.1, -0.05) is 60.7 Å². The molecule has 2 N–H and O–H groups in total. The van der Waals surface area contributed by atoms with Crippen LogP contribution < -0.4 is 10.1 Å². The van der Waals surface area contributed by atoms with Gasteiger partial charge in [-0.3, -0.25) is 0 Å². The van der Waals surface area contributed by atoms with E-state index in [4.69, 9.17) is 14.2 Å². The summed E-state index contributed by atoms with van der Waals surface area (Å²) in [5.74, 6) is 0.0560. The van der Waals surface area contributed by atoms with Gasteiger partial charge in [0.25, 0.3) is 0 Å². The largest absolute Gasteiger partial charge is 0.480 e. The molecule has 2 heterocycles. The number of hydrogen-bond acceptors (Lipinski definition) is 6. The average Bonchev–Trinajstić information content (AvgIpc) is 3.34. The van der Waals surface area contributed by atoms with Gasteiger partial charge in [0.15, 0.2) is 6.29 Å². The molecule has 0 spiro atoms. The first kappa shape index (κ1) is 28.2. The van der Waals surface area contributed by atoms with Crippen molar-refractivity contribution in [2.24, 2.45) is 0 Å². The van der Waals surface area contributed by atoms with Gasteiger partial charge in [-0.05, 0) is 84.6 Å². The molecule has 220 valence electrons. The lowest BCUT2D eigenvalue weighted by Crippen LogP contribution is -2.50. The van der Waals surface area contributed by atoms with Crippen LogP contribution in [-0.4, -0.2) is 67.2 Å². The summed E-state index contributed by atoms with van der Waals surface area (Å²) in [5, 5.41) is 12.5. The number of fused-ring (bicyclic) bond motifs is 3. The fourth-order valence-corrected chi connectivity index (χ4v) is 6.47. The topological polar surface area (TPSA) is 97.3 Å². The Morgan fingerprint density at radius 1 is 0.929 bits per heavy atom. The normalized spacial score (nSPS) is 19.9. The van der Waals surface area contributed by atoms with Crippen LogP contribution in [0, 0.1) is 0 Å². The summed E-state index contributed by atoms with van der Waals surface area (Å²) >= 11 is 0. The van der Waals surface area contributed by atoms with Crippen molar-refractivity contribution in [1.82, 2.24) is 10.2 Å². The Hall–Kier alpha value is -3.88. The van der Waals surface area contributed by atoms with Crippen molar-refractivity contribution in [3.63, 3.8) is 0 Å². The lowest BCUT2D eigenvalue weighted by molar-refractivity contribution is -0.140. The van der Waals surface area contributed by atoms with Crippen LogP contribution in [0.4, 0.5) is 4.79 Å². The van der Waals surface area contributed by atoms with Gasteiger partial charge in [0, 0.05) is 18.9 Å². The Morgan fingerprint density at radius 2 is 1.64 bits per heavy atom. The van der Waals surface area contributed by atoms with Gasteiger partial charge in [-0.25, -0.2) is 9.59 Å². The van der Waals surface area contributed by atoms with Crippen LogP contribution >= 0.6 is 0 Å². The van der Waals surface area contributed by atoms with Crippen molar-refractivity contribution >= 4 is 12.1 Å². The van der Waals surface area contributed by atoms with Gasteiger partial charge in [-0.15, -0.1) is 0 Å². The zero-order valence-corrected chi connectivity index (χ0v) is 23.7. The minimum absolute atomic E-state index is 0.0791. The molecule has 1 unspecified atom stereocenters. The molecule has 8 heteroatoms. The van der Waals surface area contributed by atoms with Crippen molar-refractivity contribution in [3.05, 3.63) is 89.5 Å². The number of aliphatic carboxylic acids is 1. The molecule has 2 saturated heterocycles. The first-order valence-electron chi connectivity index (χ1n) is 15.0. The van der Waals surface area contributed by atoms with Gasteiger partial charge in [0.1, 0.15) is 18.4 Å². The van der Waals surface area contributed by atoms with E-state index >= 15 is 0 Å². The number of carboxylic acids is 1. The Kier molecular flexibility index (Phi) is 8.72. The minimum Gasteiger partial charge on any atom is -0.480 e. The number of nitrogens with one attached hydrogen (secondary N) is 1. The number of likely N-dealkylation sites (tertiary alicyclic amines) is 1. The summed E-state index contributed by atoms with van der Waals surface area (Å²) in [5.41, 5.74) is 5.75. The van der Waals surface area contributed by atoms with Gasteiger partial charge < -0.3 is 29.5 Å². The van der Waals surface area contributed by atoms with Crippen LogP contribution in [-0.2, 0) is 14.3 Å². The smallest absolute Gasteiger partial charge is 0.407 e. The monoisotopic (exact) mass is 570 g/mol. The number of benzene rings is 3. The van der Waals surface area contributed by atoms with Crippen LogP contribution in [0.3, 0.4) is 0 Å². The maximum atomic E-state index is 12.8. The van der Waals surface area contributed by atoms with Gasteiger partial charge >= 0.3 is 12.1 Å². The van der Waals surface area contributed by atoms with E-state index in [0.29, 0.717) is 5.92 Å². The maximum absolute atomic E-state index is 12.8. The third-order valence-electron chi connectivity index (χ3n) is 8.70. The second kappa shape index (κ2) is 13.0. The molecule has 2 fully saturated rings. The van der Waals surface area contributed by atoms with Crippen LogP contribution in [0.5, 0.6) is 5.75 Å². The molecule has 6 rings (SSSR count). The summed E-state index contributed by atoms with van der Waals surface area (Å²) in [6, 6.07) is 23.4. The number of rotatable bonds is 9. The van der Waals surface area contributed by atoms with Crippen molar-refractivity contribution in [1.29, 1.82) is 0 Å². The molecule has 0 aromatic heterocycles. The average molecular weight is 571 g/mol. The summed E-state index contributed by atoms with van der Waals surface area (Å²) in [4.78, 5) is 26.9. The summed E-state index contributed by atoms with van der Waals surface area (Å²) in [6.07, 6.45) is 4.04. The van der Waals surface area contributed by atoms with E-state index in [-0.39, 0.29) is 25.4 Å². The molecule has 3 aliphatic rings. The van der Waals surface area contributed by atoms with E-state index in [1.54, 1.807) is 0 Å². The zero-order chi connectivity index (χ0) is 28.9. The lowest BCUT2D eigenvalue weighted by Gasteiger charge is -2.33. The molecule has 42 heavy (non-hydrogen) atoms. The standard InChI is InChI=1S/C34H38N2O6/c37-33(38)31(35-34(39)41-22-30-28-12-3-1-10-26(28)27-11-2-4-13-29(27)30)21-36-17-15-23(16-18-36)24-8-7-9-25(20-24)42-32-14-5-6-19-40-32/h1-4,7-13,20,23,30-32H,5-6,14-19,21-22H2,(H,35,39)(H,37,38)/t31-,32?/m1/s1. The molecule has 3 aromatic rings. The van der Waals surface area contributed by atoms with E-state index < -0.39 is 18.1 Å². The molecule has 1 aliphatic carbocycles. The Balaban J connectivity index is 0.998. The van der Waals surface area contributed by atoms with Crippen LogP contribution in [0.1, 0.15) is 60.6 Å². The first-order valence-corrected chi connectivity index (χ1v) is 15.0. The number of ether oxygens (including phenoxy) is 3. The molecular weight excluding hydrogens is 532 g/mol. The predicted molar refractivity (Wildman–Crippen MR) is 159 cm³/mol. The third kappa shape index (κ3) is 6.45. The van der Waals surface area contributed by atoms with Crippen LogP contribution in [0.15, 0.2) is 72.8 Å². The van der Waals surface area contributed by atoms with E-state index in [9.17, 15) is 14.7 Å². The molecule has 0 radical (unpaired) electrons. The number of nitrogens with zero attached hydrogens (tertiary/aromatic N) is 1. The van der Waals surface area contributed by atoms with Crippen molar-refractivity contribution in [3.8, 4) is 16.9 Å². The quantitative estimate of drug-likeness (QED) is 0.337. The number of carboxylic acid groups (broad SMARTS) is 1. The third-order valence-corrected chi connectivity index (χ3v) is 8.70. The highest BCUT2D eigenvalue weighted by Crippen LogP contribution is 2.44. The van der Waals surface area contributed by atoms with Crippen molar-refractivity contribution in [2.75, 3.05) is 32.8 Å². The molecule has 0 bridgehead atoms. The van der Waals surface area contributed by atoms with Crippen LogP contribution in [0.2, 0.25) is 0 Å². The molecule has 2 aliphatic heterocycles. The number of alkyl carbamates (subject to hydrolysis) is 1. The summed E-state index contributed by atoms with van der Waals surface area (Å²) < 4.78 is 17.4. The maximum Gasteiger partial charge on any atom is 0.407 e. The fourth-order valence-electron chi connectivity index (χ4n) is 6.47. The number of hydrogen-bond donors (Lipinski definition) is 2. The Bertz CT molecular complexity index is 1350. The number of piperidine rings is 1. The fraction of sp³-hybridized carbons (Fsp3) is 0.412. The molecule has 2 atom stereocenters. The highest BCUT2D eigenvalue weighted by Gasteiger charge is 2.31. The predicted octanol–water partition coefficient (Wildman–Crippen LogP) is 5.76. The SMILES string of the molecule is O=C(N[C@H](CN1CCC(c2cccc(OC3CCCCO3)c2)CC1)C(=O)O)OCC1c2ccccc2-c2ccccc21. The molecular formula is C34H38N2O6. The lowest BCUT2D eigenvalue weighted by atomic mass is 9.89. The van der Waals surface area contributed by atoms with E-state index in [2.05, 4.69) is 46.6 Å². The molecule has 8 nitrogen and oxygen atoms in total. The number of carbonyl (C=O) groups is 2. The van der Waals surface area contributed by atoms with Crippen molar-refractivity contribution in [2.45, 2.75) is 56.3 Å². The highest BCUT2D eigenvalue weighted by atomic mass is 16.7. The van der Waals surface area contributed by atoms with Gasteiger partial charge in [0.2, 0.25) is 0 Å². The highest BCUT2D eigenvalue weighted by molar-refractivity contribution is 5.81. The molecule has 3 aromatic carbocycles. The first-order chi connectivity index (χ1) is 20.5. The Morgan fingerprint density at radius 3 is 2.31 bits per heavy atom. The van der Waals surface area contributed by atoms with Gasteiger partial charge in [0.05, 0.1) is 6.61 Å². The second-order valence-corrected chi connectivity index (χ2v) is 11.4. The molecule has 1 amide bonds. The summed E-state index contributed by atoms with van der Waals surface area (Å²) in [6.45, 7) is 2.62. The minimum atomic E-state index is -1.07. The van der Waals surface area contributed by atoms with E-state index in [1.807, 2.05) is 36.4 Å². The van der Waals surface area contributed by atoms with E-state index in [0.717, 1.165) is 79.8 Å². The second-order valence-electron chi connectivity index (χ2n) is 11.4. The van der Waals surface area contributed by atoms with Gasteiger partial charge in [-0.2, -0.15) is 0 Å². The Labute approximate surface area is 246 Å². The number of carbonyl (C=O) groups excluding carboxylic acids is 1. The van der Waals surface area contributed by atoms with E-state index in [1.165, 1.54) is 5.56 Å². The number of amides is 1.